The Bertz CT molecular complexity index is 698. The topological polar surface area (TPSA) is 71.8 Å². The van der Waals surface area contributed by atoms with E-state index in [1.54, 1.807) is 6.20 Å². The number of halogens is 2. The summed E-state index contributed by atoms with van der Waals surface area (Å²) in [5.41, 5.74) is 3.02. The molecule has 138 valence electrons. The van der Waals surface area contributed by atoms with Gasteiger partial charge in [-0.3, -0.25) is 4.79 Å². The monoisotopic (exact) mass is 385 g/mol. The summed E-state index contributed by atoms with van der Waals surface area (Å²) in [4.78, 5) is 16.6. The fourth-order valence-electron chi connectivity index (χ4n) is 2.74. The van der Waals surface area contributed by atoms with Crippen LogP contribution in [0.2, 0.25) is 0 Å². The standard InChI is InChI=1S/C17H23N5O.2ClH/c1-11-6-12(2)22(21-11)16-5-4-14(7-19-16)8-20-17(23)13(3)15-9-18-10-15;;/h4-7,13,15,18H,8-10H2,1-3H3,(H,20,23);2*1H. The number of hydrogen-bond donors (Lipinski definition) is 2. The smallest absolute Gasteiger partial charge is 0.223 e. The summed E-state index contributed by atoms with van der Waals surface area (Å²) in [5, 5.41) is 10.6. The van der Waals surface area contributed by atoms with E-state index in [1.165, 1.54) is 0 Å². The molecule has 1 aliphatic heterocycles. The zero-order chi connectivity index (χ0) is 16.4. The first-order chi connectivity index (χ1) is 11.0. The molecule has 25 heavy (non-hydrogen) atoms. The quantitative estimate of drug-likeness (QED) is 0.827. The molecule has 1 saturated heterocycles. The number of hydrogen-bond acceptors (Lipinski definition) is 4. The van der Waals surface area contributed by atoms with E-state index < -0.39 is 0 Å². The van der Waals surface area contributed by atoms with Gasteiger partial charge in [0.05, 0.1) is 5.69 Å². The Morgan fingerprint density at radius 3 is 2.56 bits per heavy atom. The summed E-state index contributed by atoms with van der Waals surface area (Å²) in [6.07, 6.45) is 1.79. The van der Waals surface area contributed by atoms with Crippen molar-refractivity contribution in [3.05, 3.63) is 41.3 Å². The Morgan fingerprint density at radius 1 is 1.36 bits per heavy atom. The molecule has 1 unspecified atom stereocenters. The second-order valence-electron chi connectivity index (χ2n) is 6.29. The van der Waals surface area contributed by atoms with Gasteiger partial charge >= 0.3 is 0 Å². The van der Waals surface area contributed by atoms with Crippen LogP contribution in [0, 0.1) is 25.7 Å². The number of amides is 1. The minimum atomic E-state index is 0. The fraction of sp³-hybridized carbons (Fsp3) is 0.471. The molecule has 8 heteroatoms. The summed E-state index contributed by atoms with van der Waals surface area (Å²) < 4.78 is 1.82. The molecule has 2 N–H and O–H groups in total. The summed E-state index contributed by atoms with van der Waals surface area (Å²) in [6.45, 7) is 8.35. The van der Waals surface area contributed by atoms with Gasteiger partial charge in [0, 0.05) is 24.4 Å². The largest absolute Gasteiger partial charge is 0.352 e. The van der Waals surface area contributed by atoms with Crippen LogP contribution in [0.15, 0.2) is 24.4 Å². The van der Waals surface area contributed by atoms with Crippen LogP contribution >= 0.6 is 24.8 Å². The van der Waals surface area contributed by atoms with E-state index >= 15 is 0 Å². The Hall–Kier alpha value is -1.63. The predicted octanol–water partition coefficient (Wildman–Crippen LogP) is 2.20. The summed E-state index contributed by atoms with van der Waals surface area (Å²) in [5.74, 6) is 1.42. The fourth-order valence-corrected chi connectivity index (χ4v) is 2.74. The molecule has 3 rings (SSSR count). The predicted molar refractivity (Wildman–Crippen MR) is 103 cm³/mol. The number of nitrogens with one attached hydrogen (secondary N) is 2. The van der Waals surface area contributed by atoms with Crippen molar-refractivity contribution in [1.82, 2.24) is 25.4 Å². The van der Waals surface area contributed by atoms with Gasteiger partial charge in [-0.15, -0.1) is 24.8 Å². The molecule has 1 aliphatic rings. The zero-order valence-electron chi connectivity index (χ0n) is 14.7. The molecular weight excluding hydrogens is 361 g/mol. The molecule has 2 aromatic heterocycles. The summed E-state index contributed by atoms with van der Waals surface area (Å²) in [7, 11) is 0. The number of rotatable bonds is 5. The van der Waals surface area contributed by atoms with Crippen molar-refractivity contribution in [2.75, 3.05) is 13.1 Å². The minimum Gasteiger partial charge on any atom is -0.352 e. The van der Waals surface area contributed by atoms with Crippen LogP contribution in [0.4, 0.5) is 0 Å². The van der Waals surface area contributed by atoms with E-state index in [4.69, 9.17) is 0 Å². The van der Waals surface area contributed by atoms with Crippen molar-refractivity contribution in [2.45, 2.75) is 27.3 Å². The van der Waals surface area contributed by atoms with Gasteiger partial charge in [0.2, 0.25) is 5.91 Å². The maximum atomic E-state index is 12.1. The lowest BCUT2D eigenvalue weighted by atomic mass is 9.88. The number of aryl methyl sites for hydroxylation is 2. The summed E-state index contributed by atoms with van der Waals surface area (Å²) in [6, 6.07) is 5.93. The van der Waals surface area contributed by atoms with E-state index in [2.05, 4.69) is 20.7 Å². The van der Waals surface area contributed by atoms with Gasteiger partial charge in [-0.05, 0) is 50.6 Å². The molecule has 0 saturated carbocycles. The average molecular weight is 386 g/mol. The molecule has 1 atom stereocenters. The third-order valence-electron chi connectivity index (χ3n) is 4.44. The molecule has 0 radical (unpaired) electrons. The first-order valence-electron chi connectivity index (χ1n) is 8.01. The van der Waals surface area contributed by atoms with E-state index in [0.717, 1.165) is 35.9 Å². The van der Waals surface area contributed by atoms with Gasteiger partial charge in [0.15, 0.2) is 5.82 Å². The molecule has 1 amide bonds. The number of carbonyl (C=O) groups is 1. The normalized spacial score (nSPS) is 14.7. The third kappa shape index (κ3) is 4.93. The molecular formula is C17H25Cl2N5O. The molecule has 0 aromatic carbocycles. The maximum absolute atomic E-state index is 12.1. The van der Waals surface area contributed by atoms with Crippen LogP contribution in [0.5, 0.6) is 0 Å². The van der Waals surface area contributed by atoms with E-state index in [1.807, 2.05) is 43.7 Å². The lowest BCUT2D eigenvalue weighted by Gasteiger charge is -2.31. The minimum absolute atomic E-state index is 0. The lowest BCUT2D eigenvalue weighted by Crippen LogP contribution is -2.49. The molecule has 0 bridgehead atoms. The summed E-state index contributed by atoms with van der Waals surface area (Å²) >= 11 is 0. The second kappa shape index (κ2) is 9.17. The highest BCUT2D eigenvalue weighted by molar-refractivity contribution is 5.85. The Labute approximate surface area is 160 Å². The van der Waals surface area contributed by atoms with Crippen molar-refractivity contribution in [1.29, 1.82) is 0 Å². The van der Waals surface area contributed by atoms with Crippen molar-refractivity contribution in [3.8, 4) is 5.82 Å². The Morgan fingerprint density at radius 2 is 2.08 bits per heavy atom. The van der Waals surface area contributed by atoms with Crippen LogP contribution in [-0.2, 0) is 11.3 Å². The van der Waals surface area contributed by atoms with Crippen LogP contribution in [0.25, 0.3) is 5.82 Å². The number of nitrogens with zero attached hydrogens (tertiary/aromatic N) is 3. The lowest BCUT2D eigenvalue weighted by molar-refractivity contribution is -0.126. The highest BCUT2D eigenvalue weighted by atomic mass is 35.5. The van der Waals surface area contributed by atoms with Gasteiger partial charge in [-0.2, -0.15) is 5.10 Å². The van der Waals surface area contributed by atoms with Gasteiger partial charge < -0.3 is 10.6 Å². The van der Waals surface area contributed by atoms with Gasteiger partial charge in [0.25, 0.3) is 0 Å². The maximum Gasteiger partial charge on any atom is 0.223 e. The SMILES string of the molecule is Cc1cc(C)n(-c2ccc(CNC(=O)C(C)C3CNC3)cn2)n1.Cl.Cl. The zero-order valence-corrected chi connectivity index (χ0v) is 16.3. The first-order valence-corrected chi connectivity index (χ1v) is 8.01. The third-order valence-corrected chi connectivity index (χ3v) is 4.44. The van der Waals surface area contributed by atoms with Crippen LogP contribution in [-0.4, -0.2) is 33.8 Å². The van der Waals surface area contributed by atoms with E-state index in [0.29, 0.717) is 12.5 Å². The highest BCUT2D eigenvalue weighted by Gasteiger charge is 2.28. The van der Waals surface area contributed by atoms with Crippen LogP contribution in [0.1, 0.15) is 23.9 Å². The van der Waals surface area contributed by atoms with Crippen LogP contribution < -0.4 is 10.6 Å². The Balaban J connectivity index is 0.00000156. The Kier molecular flexibility index (Phi) is 7.86. The number of carbonyl (C=O) groups excluding carboxylic acids is 1. The van der Waals surface area contributed by atoms with Crippen LogP contribution in [0.3, 0.4) is 0 Å². The van der Waals surface area contributed by atoms with E-state index in [-0.39, 0.29) is 36.6 Å². The van der Waals surface area contributed by atoms with Crippen molar-refractivity contribution >= 4 is 30.7 Å². The molecule has 0 aliphatic carbocycles. The van der Waals surface area contributed by atoms with Crippen molar-refractivity contribution in [3.63, 3.8) is 0 Å². The number of aromatic nitrogens is 3. The highest BCUT2D eigenvalue weighted by Crippen LogP contribution is 2.16. The molecule has 0 spiro atoms. The van der Waals surface area contributed by atoms with E-state index in [9.17, 15) is 4.79 Å². The van der Waals surface area contributed by atoms with Gasteiger partial charge in [-0.1, -0.05) is 13.0 Å². The van der Waals surface area contributed by atoms with Crippen molar-refractivity contribution < 1.29 is 4.79 Å². The molecule has 3 heterocycles. The molecule has 6 nitrogen and oxygen atoms in total. The molecule has 2 aromatic rings. The molecule has 1 fully saturated rings. The van der Waals surface area contributed by atoms with Crippen molar-refractivity contribution in [2.24, 2.45) is 11.8 Å². The van der Waals surface area contributed by atoms with Gasteiger partial charge in [-0.25, -0.2) is 9.67 Å². The number of pyridine rings is 1. The second-order valence-corrected chi connectivity index (χ2v) is 6.29. The average Bonchev–Trinajstić information content (AvgIpc) is 2.82. The van der Waals surface area contributed by atoms with Gasteiger partial charge in [0.1, 0.15) is 0 Å². The first kappa shape index (κ1) is 21.4.